The Balaban J connectivity index is 1.86. The molecule has 116 valence electrons. The highest BCUT2D eigenvalue weighted by Gasteiger charge is 2.58. The number of rotatable bonds is 6. The second-order valence-corrected chi connectivity index (χ2v) is 7.64. The Morgan fingerprint density at radius 3 is 2.65 bits per heavy atom. The number of fused-ring (bicyclic) bond motifs is 1. The molecule has 0 aromatic carbocycles. The summed E-state index contributed by atoms with van der Waals surface area (Å²) in [5.74, 6) is 0.725. The van der Waals surface area contributed by atoms with E-state index in [1.165, 1.54) is 25.7 Å². The molecule has 0 heterocycles. The molecule has 2 aliphatic rings. The molecule has 0 aromatic rings. The van der Waals surface area contributed by atoms with Gasteiger partial charge in [-0.25, -0.2) is 0 Å². The molecule has 2 fully saturated rings. The lowest BCUT2D eigenvalue weighted by Gasteiger charge is -2.48. The van der Waals surface area contributed by atoms with Gasteiger partial charge in [-0.05, 0) is 65.1 Å². The van der Waals surface area contributed by atoms with Crippen LogP contribution in [0.15, 0.2) is 0 Å². The monoisotopic (exact) mass is 281 g/mol. The summed E-state index contributed by atoms with van der Waals surface area (Å²) in [6.45, 7) is 3.29. The maximum atomic E-state index is 11.2. The van der Waals surface area contributed by atoms with Crippen molar-refractivity contribution in [1.29, 1.82) is 0 Å². The Kier molecular flexibility index (Phi) is 4.91. The Labute approximate surface area is 123 Å². The highest BCUT2D eigenvalue weighted by Crippen LogP contribution is 2.59. The summed E-state index contributed by atoms with van der Waals surface area (Å²) in [6, 6.07) is 0. The van der Waals surface area contributed by atoms with E-state index >= 15 is 0 Å². The molecule has 4 unspecified atom stereocenters. The normalized spacial score (nSPS) is 40.9. The maximum Gasteiger partial charge on any atom is 0.123 e. The molecule has 20 heavy (non-hydrogen) atoms. The van der Waals surface area contributed by atoms with Crippen LogP contribution in [-0.2, 0) is 4.79 Å². The van der Waals surface area contributed by atoms with Crippen molar-refractivity contribution in [3.63, 3.8) is 0 Å². The van der Waals surface area contributed by atoms with Gasteiger partial charge in [0.25, 0.3) is 0 Å². The molecule has 0 amide bonds. The summed E-state index contributed by atoms with van der Waals surface area (Å²) in [4.78, 5) is 13.5. The maximum absolute atomic E-state index is 11.2. The first-order valence-corrected chi connectivity index (χ1v) is 8.24. The molecule has 0 radical (unpaired) electrons. The van der Waals surface area contributed by atoms with Crippen LogP contribution < -0.4 is 0 Å². The van der Waals surface area contributed by atoms with Gasteiger partial charge in [0.1, 0.15) is 6.29 Å². The second-order valence-electron chi connectivity index (χ2n) is 7.64. The van der Waals surface area contributed by atoms with Gasteiger partial charge in [0.05, 0.1) is 5.60 Å². The van der Waals surface area contributed by atoms with Crippen molar-refractivity contribution < 1.29 is 9.90 Å². The van der Waals surface area contributed by atoms with E-state index in [2.05, 4.69) is 25.9 Å². The third-order valence-corrected chi connectivity index (χ3v) is 6.08. The van der Waals surface area contributed by atoms with Crippen LogP contribution in [0.2, 0.25) is 0 Å². The number of aliphatic hydroxyl groups is 1. The standard InChI is InChI=1S/C17H31NO2/c1-16-9-7-14(6-4-5-11-18(2)3)12-17(16,20)10-8-15(16)13-19/h13-15,20H,4-12H2,1-3H3. The van der Waals surface area contributed by atoms with Gasteiger partial charge in [-0.3, -0.25) is 0 Å². The van der Waals surface area contributed by atoms with Crippen LogP contribution >= 0.6 is 0 Å². The van der Waals surface area contributed by atoms with Crippen LogP contribution in [0.5, 0.6) is 0 Å². The van der Waals surface area contributed by atoms with Gasteiger partial charge in [0.2, 0.25) is 0 Å². The minimum absolute atomic E-state index is 0.0715. The Bertz CT molecular complexity index is 344. The van der Waals surface area contributed by atoms with Crippen LogP contribution in [0, 0.1) is 17.3 Å². The number of carbonyl (C=O) groups is 1. The van der Waals surface area contributed by atoms with E-state index in [9.17, 15) is 9.90 Å². The first kappa shape index (κ1) is 16.0. The fourth-order valence-corrected chi connectivity index (χ4v) is 4.51. The average molecular weight is 281 g/mol. The zero-order chi connectivity index (χ0) is 14.8. The average Bonchev–Trinajstić information content (AvgIpc) is 2.65. The van der Waals surface area contributed by atoms with Crippen molar-refractivity contribution in [3.8, 4) is 0 Å². The number of nitrogens with zero attached hydrogens (tertiary/aromatic N) is 1. The lowest BCUT2D eigenvalue weighted by molar-refractivity contribution is -0.132. The third kappa shape index (κ3) is 2.94. The molecule has 2 aliphatic carbocycles. The minimum Gasteiger partial charge on any atom is -0.389 e. The summed E-state index contributed by atoms with van der Waals surface area (Å²) in [7, 11) is 4.24. The van der Waals surface area contributed by atoms with Gasteiger partial charge < -0.3 is 14.8 Å². The van der Waals surface area contributed by atoms with E-state index in [-0.39, 0.29) is 11.3 Å². The SMILES string of the molecule is CN(C)CCCCC1CCC2(C)C(C=O)CCC2(O)C1. The molecule has 4 atom stereocenters. The van der Waals surface area contributed by atoms with Crippen molar-refractivity contribution in [2.45, 2.75) is 63.9 Å². The van der Waals surface area contributed by atoms with Crippen molar-refractivity contribution >= 4 is 6.29 Å². The smallest absolute Gasteiger partial charge is 0.123 e. The molecule has 0 spiro atoms. The molecule has 2 saturated carbocycles. The molecule has 3 nitrogen and oxygen atoms in total. The van der Waals surface area contributed by atoms with Gasteiger partial charge in [-0.2, -0.15) is 0 Å². The zero-order valence-corrected chi connectivity index (χ0v) is 13.4. The van der Waals surface area contributed by atoms with E-state index < -0.39 is 5.60 Å². The van der Waals surface area contributed by atoms with Crippen LogP contribution in [0.3, 0.4) is 0 Å². The van der Waals surface area contributed by atoms with Gasteiger partial charge in [-0.15, -0.1) is 0 Å². The lowest BCUT2D eigenvalue weighted by atomic mass is 9.60. The van der Waals surface area contributed by atoms with E-state index in [1.807, 2.05) is 0 Å². The Hall–Kier alpha value is -0.410. The number of unbranched alkanes of at least 4 members (excludes halogenated alkanes) is 1. The zero-order valence-electron chi connectivity index (χ0n) is 13.4. The number of aldehydes is 1. The van der Waals surface area contributed by atoms with E-state index in [0.29, 0.717) is 5.92 Å². The summed E-state index contributed by atoms with van der Waals surface area (Å²) in [5.41, 5.74) is -0.738. The van der Waals surface area contributed by atoms with Crippen LogP contribution in [0.25, 0.3) is 0 Å². The number of carbonyl (C=O) groups excluding carboxylic acids is 1. The number of hydrogen-bond acceptors (Lipinski definition) is 3. The lowest BCUT2D eigenvalue weighted by Crippen LogP contribution is -2.50. The van der Waals surface area contributed by atoms with Crippen molar-refractivity contribution in [3.05, 3.63) is 0 Å². The summed E-state index contributed by atoms with van der Waals surface area (Å²) < 4.78 is 0. The largest absolute Gasteiger partial charge is 0.389 e. The quantitative estimate of drug-likeness (QED) is 0.601. The van der Waals surface area contributed by atoms with Crippen LogP contribution in [0.4, 0.5) is 0 Å². The summed E-state index contributed by atoms with van der Waals surface area (Å²) in [6.07, 6.45) is 9.65. The first-order valence-electron chi connectivity index (χ1n) is 8.24. The molecule has 3 heteroatoms. The Morgan fingerprint density at radius 2 is 2.00 bits per heavy atom. The van der Waals surface area contributed by atoms with Crippen molar-refractivity contribution in [2.24, 2.45) is 17.3 Å². The fraction of sp³-hybridized carbons (Fsp3) is 0.941. The highest BCUT2D eigenvalue weighted by molar-refractivity contribution is 5.56. The van der Waals surface area contributed by atoms with E-state index in [4.69, 9.17) is 0 Å². The van der Waals surface area contributed by atoms with E-state index in [1.54, 1.807) is 0 Å². The van der Waals surface area contributed by atoms with Gasteiger partial charge in [-0.1, -0.05) is 19.8 Å². The second kappa shape index (κ2) is 6.15. The Morgan fingerprint density at radius 1 is 1.25 bits per heavy atom. The van der Waals surface area contributed by atoms with Gasteiger partial charge in [0, 0.05) is 11.3 Å². The molecule has 2 rings (SSSR count). The molecule has 0 aromatic heterocycles. The molecule has 0 saturated heterocycles. The molecular weight excluding hydrogens is 250 g/mol. The fourth-order valence-electron chi connectivity index (χ4n) is 4.51. The van der Waals surface area contributed by atoms with Crippen LogP contribution in [-0.4, -0.2) is 42.5 Å². The molecule has 0 bridgehead atoms. The van der Waals surface area contributed by atoms with Gasteiger partial charge in [0.15, 0.2) is 0 Å². The molecule has 0 aliphatic heterocycles. The van der Waals surface area contributed by atoms with Crippen LogP contribution in [0.1, 0.15) is 58.3 Å². The number of hydrogen-bond donors (Lipinski definition) is 1. The first-order chi connectivity index (χ1) is 9.41. The topological polar surface area (TPSA) is 40.5 Å². The molecular formula is C17H31NO2. The molecule has 1 N–H and O–H groups in total. The predicted octanol–water partition coefficient (Wildman–Crippen LogP) is 2.86. The third-order valence-electron chi connectivity index (χ3n) is 6.08. The summed E-state index contributed by atoms with van der Waals surface area (Å²) >= 11 is 0. The van der Waals surface area contributed by atoms with Gasteiger partial charge >= 0.3 is 0 Å². The highest BCUT2D eigenvalue weighted by atomic mass is 16.3. The predicted molar refractivity (Wildman–Crippen MR) is 81.6 cm³/mol. The van der Waals surface area contributed by atoms with E-state index in [0.717, 1.165) is 38.5 Å². The van der Waals surface area contributed by atoms with Crippen molar-refractivity contribution in [2.75, 3.05) is 20.6 Å². The summed E-state index contributed by atoms with van der Waals surface area (Å²) in [5, 5.41) is 11.0. The minimum atomic E-state index is -0.580. The van der Waals surface area contributed by atoms with Crippen molar-refractivity contribution in [1.82, 2.24) is 4.90 Å².